The van der Waals surface area contributed by atoms with Crippen molar-refractivity contribution in [3.8, 4) is 0 Å². The van der Waals surface area contributed by atoms with Crippen LogP contribution in [0.15, 0.2) is 0 Å². The van der Waals surface area contributed by atoms with Gasteiger partial charge in [-0.3, -0.25) is 4.79 Å². The Morgan fingerprint density at radius 2 is 2.00 bits per heavy atom. The van der Waals surface area contributed by atoms with Crippen molar-refractivity contribution < 1.29 is 19.4 Å². The molecule has 14 heavy (non-hydrogen) atoms. The molecule has 5 nitrogen and oxygen atoms in total. The van der Waals surface area contributed by atoms with Crippen molar-refractivity contribution in [2.24, 2.45) is 0 Å². The van der Waals surface area contributed by atoms with Crippen molar-refractivity contribution >= 4 is 11.9 Å². The summed E-state index contributed by atoms with van der Waals surface area (Å²) in [4.78, 5) is 23.3. The molecule has 0 saturated heterocycles. The van der Waals surface area contributed by atoms with E-state index in [0.717, 1.165) is 0 Å². The molecular formula is C9H17NO4. The van der Waals surface area contributed by atoms with Crippen LogP contribution in [0.3, 0.4) is 0 Å². The zero-order valence-corrected chi connectivity index (χ0v) is 9.03. The molecule has 0 aromatic carbocycles. The van der Waals surface area contributed by atoms with Gasteiger partial charge in [0.1, 0.15) is 5.54 Å². The Morgan fingerprint density at radius 3 is 2.29 bits per heavy atom. The van der Waals surface area contributed by atoms with Gasteiger partial charge in [0.15, 0.2) is 0 Å². The molecule has 1 N–H and O–H groups in total. The quantitative estimate of drug-likeness (QED) is 0.700. The molecule has 82 valence electrons. The highest BCUT2D eigenvalue weighted by molar-refractivity contribution is 5.85. The number of carboxylic acids is 1. The smallest absolute Gasteiger partial charge is 0.329 e. The largest absolute Gasteiger partial charge is 0.480 e. The summed E-state index contributed by atoms with van der Waals surface area (Å²) in [6.45, 7) is 3.16. The maximum atomic E-state index is 11.1. The van der Waals surface area contributed by atoms with Crippen LogP contribution in [0.25, 0.3) is 0 Å². The van der Waals surface area contributed by atoms with Gasteiger partial charge in [0.2, 0.25) is 5.91 Å². The fraction of sp³-hybridized carbons (Fsp3) is 0.778. The number of carbonyl (C=O) groups excluding carboxylic acids is 1. The zero-order valence-electron chi connectivity index (χ0n) is 9.03. The number of carbonyl (C=O) groups is 2. The van der Waals surface area contributed by atoms with Crippen molar-refractivity contribution in [2.45, 2.75) is 25.8 Å². The first-order valence-corrected chi connectivity index (χ1v) is 4.33. The van der Waals surface area contributed by atoms with Gasteiger partial charge in [-0.25, -0.2) is 4.79 Å². The monoisotopic (exact) mass is 203 g/mol. The van der Waals surface area contributed by atoms with Crippen LogP contribution >= 0.6 is 0 Å². The van der Waals surface area contributed by atoms with E-state index in [1.165, 1.54) is 32.9 Å². The Morgan fingerprint density at radius 1 is 1.50 bits per heavy atom. The Kier molecular flexibility index (Phi) is 4.56. The number of amides is 1. The first-order chi connectivity index (χ1) is 6.36. The van der Waals surface area contributed by atoms with Crippen molar-refractivity contribution in [2.75, 3.05) is 20.8 Å². The van der Waals surface area contributed by atoms with Gasteiger partial charge in [-0.15, -0.1) is 0 Å². The van der Waals surface area contributed by atoms with Crippen molar-refractivity contribution in [3.63, 3.8) is 0 Å². The molecule has 0 fully saturated rings. The molecule has 0 aliphatic carbocycles. The van der Waals surface area contributed by atoms with Crippen LogP contribution < -0.4 is 0 Å². The van der Waals surface area contributed by atoms with E-state index in [1.54, 1.807) is 0 Å². The van der Waals surface area contributed by atoms with Gasteiger partial charge >= 0.3 is 5.97 Å². The topological polar surface area (TPSA) is 66.8 Å². The Labute approximate surface area is 83.6 Å². The van der Waals surface area contributed by atoms with Crippen LogP contribution in [0.4, 0.5) is 0 Å². The van der Waals surface area contributed by atoms with Crippen LogP contribution in [-0.4, -0.2) is 48.2 Å². The highest BCUT2D eigenvalue weighted by atomic mass is 16.5. The van der Waals surface area contributed by atoms with E-state index >= 15 is 0 Å². The maximum Gasteiger partial charge on any atom is 0.329 e. The number of ether oxygens (including phenoxy) is 1. The predicted octanol–water partition coefficient (Wildman–Crippen LogP) is 0.344. The van der Waals surface area contributed by atoms with E-state index in [0.29, 0.717) is 6.61 Å². The van der Waals surface area contributed by atoms with Crippen LogP contribution in [0, 0.1) is 0 Å². The number of nitrogens with zero attached hydrogens (tertiary/aromatic N) is 1. The van der Waals surface area contributed by atoms with Gasteiger partial charge in [0, 0.05) is 34.1 Å². The molecule has 0 heterocycles. The normalized spacial score (nSPS) is 14.6. The molecule has 0 aromatic rings. The SMILES string of the molecule is COCCC(C)(C(=O)O)N(C)C(C)=O. The number of likely N-dealkylation sites (N-methyl/N-ethyl adjacent to an activating group) is 1. The minimum absolute atomic E-state index is 0.272. The van der Waals surface area contributed by atoms with E-state index in [9.17, 15) is 9.59 Å². The number of rotatable bonds is 5. The fourth-order valence-electron chi connectivity index (χ4n) is 1.07. The summed E-state index contributed by atoms with van der Waals surface area (Å²) in [6.07, 6.45) is 0.273. The van der Waals surface area contributed by atoms with Crippen LogP contribution in [-0.2, 0) is 14.3 Å². The average Bonchev–Trinajstić information content (AvgIpc) is 2.12. The lowest BCUT2D eigenvalue weighted by molar-refractivity contribution is -0.157. The van der Waals surface area contributed by atoms with E-state index in [4.69, 9.17) is 9.84 Å². The van der Waals surface area contributed by atoms with Crippen LogP contribution in [0.1, 0.15) is 20.3 Å². The average molecular weight is 203 g/mol. The molecular weight excluding hydrogens is 186 g/mol. The molecule has 0 aliphatic heterocycles. The second-order valence-corrected chi connectivity index (χ2v) is 3.40. The summed E-state index contributed by atoms with van der Waals surface area (Å²) in [6, 6.07) is 0. The second-order valence-electron chi connectivity index (χ2n) is 3.40. The summed E-state index contributed by atoms with van der Waals surface area (Å²) in [5, 5.41) is 9.03. The molecule has 0 bridgehead atoms. The first-order valence-electron chi connectivity index (χ1n) is 4.33. The molecule has 1 atom stereocenters. The molecule has 0 spiro atoms. The zero-order chi connectivity index (χ0) is 11.4. The molecule has 0 aliphatic rings. The number of hydrogen-bond acceptors (Lipinski definition) is 3. The third kappa shape index (κ3) is 2.70. The first kappa shape index (κ1) is 12.9. The van der Waals surface area contributed by atoms with E-state index < -0.39 is 11.5 Å². The summed E-state index contributed by atoms with van der Waals surface area (Å²) in [7, 11) is 2.97. The van der Waals surface area contributed by atoms with Gasteiger partial charge in [-0.2, -0.15) is 0 Å². The lowest BCUT2D eigenvalue weighted by Gasteiger charge is -2.34. The van der Waals surface area contributed by atoms with Crippen molar-refractivity contribution in [3.05, 3.63) is 0 Å². The summed E-state index contributed by atoms with van der Waals surface area (Å²) < 4.78 is 4.82. The van der Waals surface area contributed by atoms with Crippen molar-refractivity contribution in [1.29, 1.82) is 0 Å². The Balaban J connectivity index is 4.70. The van der Waals surface area contributed by atoms with Gasteiger partial charge in [0.25, 0.3) is 0 Å². The fourth-order valence-corrected chi connectivity index (χ4v) is 1.07. The molecule has 1 amide bonds. The number of carboxylic acid groups (broad SMARTS) is 1. The van der Waals surface area contributed by atoms with Gasteiger partial charge in [-0.05, 0) is 6.92 Å². The molecule has 1 unspecified atom stereocenters. The summed E-state index contributed by atoms with van der Waals surface area (Å²) in [5.74, 6) is -1.29. The third-order valence-corrected chi connectivity index (χ3v) is 2.47. The summed E-state index contributed by atoms with van der Waals surface area (Å²) in [5.41, 5.74) is -1.19. The highest BCUT2D eigenvalue weighted by Crippen LogP contribution is 2.18. The Hall–Kier alpha value is -1.10. The lowest BCUT2D eigenvalue weighted by Crippen LogP contribution is -2.53. The van der Waals surface area contributed by atoms with Crippen molar-refractivity contribution in [1.82, 2.24) is 4.90 Å². The van der Waals surface area contributed by atoms with Gasteiger partial charge in [0.05, 0.1) is 0 Å². The van der Waals surface area contributed by atoms with Gasteiger partial charge in [-0.1, -0.05) is 0 Å². The molecule has 0 radical (unpaired) electrons. The Bertz CT molecular complexity index is 229. The summed E-state index contributed by atoms with van der Waals surface area (Å²) >= 11 is 0. The molecule has 5 heteroatoms. The predicted molar refractivity (Wildman–Crippen MR) is 51.0 cm³/mol. The molecule has 0 rings (SSSR count). The standard InChI is InChI=1S/C9H17NO4/c1-7(11)10(3)9(2,8(12)13)5-6-14-4/h5-6H2,1-4H3,(H,12,13). The highest BCUT2D eigenvalue weighted by Gasteiger charge is 2.38. The number of aliphatic carboxylic acids is 1. The minimum Gasteiger partial charge on any atom is -0.480 e. The second kappa shape index (κ2) is 4.95. The van der Waals surface area contributed by atoms with E-state index in [2.05, 4.69) is 0 Å². The molecule has 0 aromatic heterocycles. The maximum absolute atomic E-state index is 11.1. The lowest BCUT2D eigenvalue weighted by atomic mass is 9.96. The van der Waals surface area contributed by atoms with Gasteiger partial charge < -0.3 is 14.7 Å². The van der Waals surface area contributed by atoms with E-state index in [-0.39, 0.29) is 12.3 Å². The number of hydrogen-bond donors (Lipinski definition) is 1. The van der Waals surface area contributed by atoms with Crippen LogP contribution in [0.5, 0.6) is 0 Å². The van der Waals surface area contributed by atoms with Crippen LogP contribution in [0.2, 0.25) is 0 Å². The third-order valence-electron chi connectivity index (χ3n) is 2.47. The van der Waals surface area contributed by atoms with E-state index in [1.807, 2.05) is 0 Å². The minimum atomic E-state index is -1.19. The molecule has 0 saturated carbocycles. The number of methoxy groups -OCH3 is 1.